The van der Waals surface area contributed by atoms with Crippen LogP contribution in [0.15, 0.2) is 47.3 Å². The van der Waals surface area contributed by atoms with Crippen LogP contribution in [0, 0.1) is 17.8 Å². The van der Waals surface area contributed by atoms with Gasteiger partial charge in [0.15, 0.2) is 0 Å². The zero-order valence-corrected chi connectivity index (χ0v) is 18.6. The zero-order valence-electron chi connectivity index (χ0n) is 18.6. The summed E-state index contributed by atoms with van der Waals surface area (Å²) in [7, 11) is 1.32. The molecule has 2 bridgehead atoms. The minimum Gasteiger partial charge on any atom is -0.469 e. The highest BCUT2D eigenvalue weighted by Gasteiger charge is 2.58. The number of aliphatic hydroxyl groups excluding tert-OH is 1. The van der Waals surface area contributed by atoms with Gasteiger partial charge in [-0.25, -0.2) is 0 Å². The summed E-state index contributed by atoms with van der Waals surface area (Å²) < 4.78 is 6.75. The number of carbonyl (C=O) groups excluding carboxylic acids is 2. The van der Waals surface area contributed by atoms with E-state index in [4.69, 9.17) is 4.74 Å². The molecule has 1 saturated heterocycles. The summed E-state index contributed by atoms with van der Waals surface area (Å²) in [6, 6.07) is 12.3. The van der Waals surface area contributed by atoms with Crippen LogP contribution in [-0.4, -0.2) is 46.2 Å². The molecule has 3 heterocycles. The lowest BCUT2D eigenvalue weighted by Crippen LogP contribution is -2.51. The molecule has 2 aromatic rings. The first-order valence-electron chi connectivity index (χ1n) is 11.5. The van der Waals surface area contributed by atoms with Crippen molar-refractivity contribution in [3.05, 3.63) is 69.6 Å². The minimum absolute atomic E-state index is 0.0212. The van der Waals surface area contributed by atoms with Crippen LogP contribution in [0.3, 0.4) is 0 Å². The number of carbonyl (C=O) groups is 2. The number of rotatable bonds is 5. The molecule has 7 nitrogen and oxygen atoms in total. The second-order valence-electron chi connectivity index (χ2n) is 9.15. The number of pyridine rings is 1. The molecular weight excluding hydrogens is 420 g/mol. The number of nitrogens with zero attached hydrogens (tertiary/aromatic N) is 2. The van der Waals surface area contributed by atoms with Crippen molar-refractivity contribution in [1.29, 1.82) is 0 Å². The Morgan fingerprint density at radius 3 is 2.52 bits per heavy atom. The van der Waals surface area contributed by atoms with Gasteiger partial charge in [0.2, 0.25) is 5.91 Å². The van der Waals surface area contributed by atoms with Gasteiger partial charge < -0.3 is 19.3 Å². The van der Waals surface area contributed by atoms with E-state index in [1.807, 2.05) is 42.5 Å². The van der Waals surface area contributed by atoms with Crippen molar-refractivity contribution in [1.82, 2.24) is 9.47 Å². The molecule has 7 heteroatoms. The summed E-state index contributed by atoms with van der Waals surface area (Å²) in [6.45, 7) is 0.00769. The maximum Gasteiger partial charge on any atom is 0.311 e. The van der Waals surface area contributed by atoms with Crippen LogP contribution >= 0.6 is 0 Å². The molecule has 5 rings (SSSR count). The lowest BCUT2D eigenvalue weighted by molar-refractivity contribution is -0.149. The number of hydrogen-bond acceptors (Lipinski definition) is 5. The van der Waals surface area contributed by atoms with E-state index < -0.39 is 29.9 Å². The van der Waals surface area contributed by atoms with Gasteiger partial charge in [-0.2, -0.15) is 0 Å². The molecule has 172 valence electrons. The number of methoxy groups -OCH3 is 1. The van der Waals surface area contributed by atoms with Crippen molar-refractivity contribution in [2.45, 2.75) is 37.9 Å². The number of aliphatic hydroxyl groups is 1. The molecule has 1 N–H and O–H groups in total. The Bertz CT molecular complexity index is 1150. The van der Waals surface area contributed by atoms with Crippen molar-refractivity contribution in [2.24, 2.45) is 17.8 Å². The smallest absolute Gasteiger partial charge is 0.311 e. The van der Waals surface area contributed by atoms with Crippen molar-refractivity contribution < 1.29 is 19.4 Å². The van der Waals surface area contributed by atoms with E-state index in [1.54, 1.807) is 21.6 Å². The largest absolute Gasteiger partial charge is 0.469 e. The lowest BCUT2D eigenvalue weighted by Gasteiger charge is -2.41. The van der Waals surface area contributed by atoms with Crippen LogP contribution in [0.4, 0.5) is 0 Å². The van der Waals surface area contributed by atoms with Crippen LogP contribution in [-0.2, 0) is 20.9 Å². The molecule has 1 aromatic heterocycles. The first-order valence-corrected chi connectivity index (χ1v) is 11.5. The van der Waals surface area contributed by atoms with Gasteiger partial charge in [0.1, 0.15) is 0 Å². The van der Waals surface area contributed by atoms with Crippen LogP contribution in [0.2, 0.25) is 0 Å². The zero-order chi connectivity index (χ0) is 23.1. The molecule has 1 saturated carbocycles. The molecule has 0 radical (unpaired) electrons. The average molecular weight is 449 g/mol. The summed E-state index contributed by atoms with van der Waals surface area (Å²) in [5, 5.41) is 10.2. The summed E-state index contributed by atoms with van der Waals surface area (Å²) in [4.78, 5) is 41.4. The second-order valence-corrected chi connectivity index (χ2v) is 9.15. The fraction of sp³-hybridized carbons (Fsp3) is 0.423. The number of hydrogen-bond donors (Lipinski definition) is 1. The number of benzene rings is 1. The topological polar surface area (TPSA) is 88.8 Å². The number of aromatic nitrogens is 1. The molecule has 33 heavy (non-hydrogen) atoms. The van der Waals surface area contributed by atoms with E-state index in [2.05, 4.69) is 0 Å². The Hall–Kier alpha value is -3.19. The van der Waals surface area contributed by atoms with E-state index in [0.29, 0.717) is 11.3 Å². The highest BCUT2D eigenvalue weighted by Crippen LogP contribution is 2.50. The SMILES string of the molecule is COC(=O)[C@H]1[C@H](CO)[C@H]2Cn3c(ccc(/C=C/c4ccccc4)c3=O)[C@@H]1N2C(=O)C1CCC1. The normalized spacial score (nSPS) is 26.2. The predicted molar refractivity (Wildman–Crippen MR) is 123 cm³/mol. The third-order valence-electron chi connectivity index (χ3n) is 7.51. The quantitative estimate of drug-likeness (QED) is 0.710. The summed E-state index contributed by atoms with van der Waals surface area (Å²) in [5.74, 6) is -1.66. The van der Waals surface area contributed by atoms with E-state index in [9.17, 15) is 19.5 Å². The molecule has 4 atom stereocenters. The molecular formula is C26H28N2O5. The third kappa shape index (κ3) is 3.51. The van der Waals surface area contributed by atoms with E-state index in [0.717, 1.165) is 24.8 Å². The Kier molecular flexibility index (Phi) is 5.66. The summed E-state index contributed by atoms with van der Waals surface area (Å²) >= 11 is 0. The minimum atomic E-state index is -0.701. The molecule has 2 fully saturated rings. The molecule has 3 aliphatic rings. The fourth-order valence-corrected chi connectivity index (χ4v) is 5.57. The van der Waals surface area contributed by atoms with Gasteiger partial charge in [-0.05, 0) is 36.6 Å². The van der Waals surface area contributed by atoms with Gasteiger partial charge in [-0.15, -0.1) is 0 Å². The molecule has 0 unspecified atom stereocenters. The summed E-state index contributed by atoms with van der Waals surface area (Å²) in [5.41, 5.74) is 2.00. The van der Waals surface area contributed by atoms with Crippen LogP contribution in [0.5, 0.6) is 0 Å². The van der Waals surface area contributed by atoms with Gasteiger partial charge in [0.05, 0.1) is 25.1 Å². The van der Waals surface area contributed by atoms with Crippen LogP contribution in [0.25, 0.3) is 12.2 Å². The highest BCUT2D eigenvalue weighted by atomic mass is 16.5. The van der Waals surface area contributed by atoms with Crippen LogP contribution < -0.4 is 5.56 Å². The maximum atomic E-state index is 13.4. The van der Waals surface area contributed by atoms with Crippen molar-refractivity contribution >= 4 is 24.0 Å². The first-order chi connectivity index (χ1) is 16.0. The van der Waals surface area contributed by atoms with E-state index >= 15 is 0 Å². The Labute approximate surface area is 192 Å². The van der Waals surface area contributed by atoms with Gasteiger partial charge in [-0.1, -0.05) is 42.8 Å². The number of ether oxygens (including phenoxy) is 1. The standard InChI is InChI=1S/C26H28N2O5/c1-33-26(32)22-19(15-29)21-14-27-20(23(22)28(21)25(31)17-8-5-9-17)13-12-18(24(27)30)11-10-16-6-3-2-4-7-16/h2-4,6-7,10-13,17,19,21-23,29H,5,8-9,14-15H2,1H3/b11-10+/t19-,21-,22+,23+/m1/s1. The van der Waals surface area contributed by atoms with Gasteiger partial charge in [0, 0.05) is 36.2 Å². The number of esters is 1. The number of fused-ring (bicyclic) bond motifs is 4. The highest BCUT2D eigenvalue weighted by molar-refractivity contribution is 5.84. The van der Waals surface area contributed by atoms with Gasteiger partial charge in [0.25, 0.3) is 5.56 Å². The fourth-order valence-electron chi connectivity index (χ4n) is 5.57. The third-order valence-corrected chi connectivity index (χ3v) is 7.51. The van der Waals surface area contributed by atoms with Crippen LogP contribution in [0.1, 0.15) is 42.1 Å². The lowest BCUT2D eigenvalue weighted by atomic mass is 9.83. The van der Waals surface area contributed by atoms with Gasteiger partial charge >= 0.3 is 5.97 Å². The monoisotopic (exact) mass is 448 g/mol. The first kappa shape index (κ1) is 21.6. The molecule has 1 aromatic carbocycles. The van der Waals surface area contributed by atoms with Crippen molar-refractivity contribution in [3.8, 4) is 0 Å². The second kappa shape index (κ2) is 8.63. The van der Waals surface area contributed by atoms with Gasteiger partial charge in [-0.3, -0.25) is 14.4 Å². The molecule has 1 amide bonds. The van der Waals surface area contributed by atoms with E-state index in [-0.39, 0.29) is 30.5 Å². The number of amides is 1. The Balaban J connectivity index is 1.57. The molecule has 2 aliphatic heterocycles. The average Bonchev–Trinajstić information content (AvgIpc) is 3.04. The maximum absolute atomic E-state index is 13.4. The molecule has 1 aliphatic carbocycles. The Morgan fingerprint density at radius 2 is 1.88 bits per heavy atom. The molecule has 0 spiro atoms. The van der Waals surface area contributed by atoms with E-state index in [1.165, 1.54) is 7.11 Å². The summed E-state index contributed by atoms with van der Waals surface area (Å²) in [6.07, 6.45) is 6.40. The predicted octanol–water partition coefficient (Wildman–Crippen LogP) is 2.48. The van der Waals surface area contributed by atoms with Crippen molar-refractivity contribution in [2.75, 3.05) is 13.7 Å². The Morgan fingerprint density at radius 1 is 1.12 bits per heavy atom. The van der Waals surface area contributed by atoms with Crippen molar-refractivity contribution in [3.63, 3.8) is 0 Å².